The van der Waals surface area contributed by atoms with E-state index >= 15 is 0 Å². The van der Waals surface area contributed by atoms with E-state index in [4.69, 9.17) is 10.5 Å². The summed E-state index contributed by atoms with van der Waals surface area (Å²) in [7, 11) is 0. The van der Waals surface area contributed by atoms with Gasteiger partial charge in [-0.2, -0.15) is 0 Å². The number of hydrogen-bond donors (Lipinski definition) is 1. The number of rotatable bonds is 4. The van der Waals surface area contributed by atoms with E-state index in [-0.39, 0.29) is 0 Å². The molecule has 1 heterocycles. The number of nitrogens with two attached hydrogens (primary N) is 1. The van der Waals surface area contributed by atoms with Gasteiger partial charge in [-0.15, -0.1) is 0 Å². The Morgan fingerprint density at radius 1 is 1.62 bits per heavy atom. The van der Waals surface area contributed by atoms with E-state index in [1.54, 1.807) is 12.4 Å². The summed E-state index contributed by atoms with van der Waals surface area (Å²) in [6, 6.07) is 3.85. The van der Waals surface area contributed by atoms with E-state index in [0.29, 0.717) is 13.2 Å². The van der Waals surface area contributed by atoms with Crippen molar-refractivity contribution in [2.24, 2.45) is 5.73 Å². The maximum Gasteiger partial charge on any atom is 0.0685 e. The molecule has 0 aliphatic carbocycles. The van der Waals surface area contributed by atoms with Crippen LogP contribution in [0, 0.1) is 0 Å². The lowest BCUT2D eigenvalue weighted by Crippen LogP contribution is -2.38. The van der Waals surface area contributed by atoms with Gasteiger partial charge in [0.1, 0.15) is 0 Å². The van der Waals surface area contributed by atoms with Crippen LogP contribution in [0.2, 0.25) is 0 Å². The lowest BCUT2D eigenvalue weighted by atomic mass is 9.96. The van der Waals surface area contributed by atoms with Crippen LogP contribution in [0.1, 0.15) is 19.4 Å². The summed E-state index contributed by atoms with van der Waals surface area (Å²) in [4.78, 5) is 4.02. The standard InChI is InChI=1S/C10H16N2O/c1-3-13-8-10(2,11)9-5-4-6-12-7-9/h4-7H,3,8,11H2,1-2H3. The first-order valence-corrected chi connectivity index (χ1v) is 4.44. The van der Waals surface area contributed by atoms with Gasteiger partial charge in [0.15, 0.2) is 0 Å². The molecular formula is C10H16N2O. The normalized spacial score (nSPS) is 15.3. The van der Waals surface area contributed by atoms with Crippen molar-refractivity contribution in [1.29, 1.82) is 0 Å². The zero-order valence-corrected chi connectivity index (χ0v) is 8.16. The maximum atomic E-state index is 6.06. The Labute approximate surface area is 78.9 Å². The highest BCUT2D eigenvalue weighted by Crippen LogP contribution is 2.16. The molecule has 2 N–H and O–H groups in total. The van der Waals surface area contributed by atoms with Crippen molar-refractivity contribution < 1.29 is 4.74 Å². The predicted molar refractivity (Wildman–Crippen MR) is 52.3 cm³/mol. The minimum absolute atomic E-state index is 0.440. The van der Waals surface area contributed by atoms with E-state index in [1.165, 1.54) is 0 Å². The SMILES string of the molecule is CCOCC(C)(N)c1cccnc1. The Kier molecular flexibility index (Phi) is 3.39. The third-order valence-electron chi connectivity index (χ3n) is 1.93. The van der Waals surface area contributed by atoms with Gasteiger partial charge >= 0.3 is 0 Å². The van der Waals surface area contributed by atoms with Crippen LogP contribution < -0.4 is 5.73 Å². The molecule has 0 fully saturated rings. The quantitative estimate of drug-likeness (QED) is 0.759. The first-order valence-electron chi connectivity index (χ1n) is 4.44. The number of ether oxygens (including phenoxy) is 1. The molecule has 1 aromatic rings. The highest BCUT2D eigenvalue weighted by atomic mass is 16.5. The van der Waals surface area contributed by atoms with Crippen LogP contribution in [0.25, 0.3) is 0 Å². The third kappa shape index (κ3) is 2.79. The minimum Gasteiger partial charge on any atom is -0.379 e. The van der Waals surface area contributed by atoms with Gasteiger partial charge in [-0.3, -0.25) is 4.98 Å². The molecule has 0 bridgehead atoms. The topological polar surface area (TPSA) is 48.1 Å². The van der Waals surface area contributed by atoms with Crippen LogP contribution >= 0.6 is 0 Å². The van der Waals surface area contributed by atoms with Gasteiger partial charge < -0.3 is 10.5 Å². The Morgan fingerprint density at radius 2 is 2.38 bits per heavy atom. The molecule has 1 aromatic heterocycles. The summed E-state index contributed by atoms with van der Waals surface area (Å²) in [6.45, 7) is 5.11. The third-order valence-corrected chi connectivity index (χ3v) is 1.93. The molecule has 3 nitrogen and oxygen atoms in total. The maximum absolute atomic E-state index is 6.06. The molecule has 1 rings (SSSR count). The molecule has 0 aliphatic rings. The monoisotopic (exact) mass is 180 g/mol. The number of aromatic nitrogens is 1. The van der Waals surface area contributed by atoms with Gasteiger partial charge in [0.05, 0.1) is 12.1 Å². The molecule has 0 amide bonds. The van der Waals surface area contributed by atoms with E-state index in [1.807, 2.05) is 26.0 Å². The molecule has 1 unspecified atom stereocenters. The summed E-state index contributed by atoms with van der Waals surface area (Å²) in [5.74, 6) is 0. The largest absolute Gasteiger partial charge is 0.379 e. The summed E-state index contributed by atoms with van der Waals surface area (Å²) in [5, 5.41) is 0. The fourth-order valence-electron chi connectivity index (χ4n) is 1.10. The Morgan fingerprint density at radius 3 is 2.92 bits per heavy atom. The van der Waals surface area contributed by atoms with Crippen molar-refractivity contribution in [2.75, 3.05) is 13.2 Å². The Bertz CT molecular complexity index is 246. The average Bonchev–Trinajstić information content (AvgIpc) is 2.16. The molecular weight excluding hydrogens is 164 g/mol. The molecule has 0 radical (unpaired) electrons. The predicted octanol–water partition coefficient (Wildman–Crippen LogP) is 1.29. The van der Waals surface area contributed by atoms with Crippen molar-refractivity contribution >= 4 is 0 Å². The second kappa shape index (κ2) is 4.35. The van der Waals surface area contributed by atoms with E-state index in [9.17, 15) is 0 Å². The fourth-order valence-corrected chi connectivity index (χ4v) is 1.10. The molecule has 0 saturated heterocycles. The Balaban J connectivity index is 2.69. The summed E-state index contributed by atoms with van der Waals surface area (Å²) < 4.78 is 5.30. The molecule has 1 atom stereocenters. The molecule has 0 spiro atoms. The minimum atomic E-state index is -0.440. The van der Waals surface area contributed by atoms with Crippen molar-refractivity contribution in [3.8, 4) is 0 Å². The molecule has 13 heavy (non-hydrogen) atoms. The van der Waals surface area contributed by atoms with Gasteiger partial charge in [0, 0.05) is 19.0 Å². The van der Waals surface area contributed by atoms with Gasteiger partial charge in [-0.05, 0) is 25.5 Å². The first-order chi connectivity index (χ1) is 6.17. The van der Waals surface area contributed by atoms with Gasteiger partial charge in [-0.25, -0.2) is 0 Å². The van der Waals surface area contributed by atoms with Gasteiger partial charge in [0.25, 0.3) is 0 Å². The van der Waals surface area contributed by atoms with Gasteiger partial charge in [-0.1, -0.05) is 6.07 Å². The van der Waals surface area contributed by atoms with Crippen LogP contribution in [-0.2, 0) is 10.3 Å². The number of nitrogens with zero attached hydrogens (tertiary/aromatic N) is 1. The second-order valence-electron chi connectivity index (χ2n) is 3.30. The van der Waals surface area contributed by atoms with Crippen LogP contribution in [0.3, 0.4) is 0 Å². The summed E-state index contributed by atoms with van der Waals surface area (Å²) >= 11 is 0. The van der Waals surface area contributed by atoms with Crippen molar-refractivity contribution in [2.45, 2.75) is 19.4 Å². The lowest BCUT2D eigenvalue weighted by Gasteiger charge is -2.24. The fraction of sp³-hybridized carbons (Fsp3) is 0.500. The van der Waals surface area contributed by atoms with E-state index < -0.39 is 5.54 Å². The summed E-state index contributed by atoms with van der Waals surface area (Å²) in [6.07, 6.45) is 3.51. The van der Waals surface area contributed by atoms with Crippen molar-refractivity contribution in [1.82, 2.24) is 4.98 Å². The van der Waals surface area contributed by atoms with Crippen LogP contribution in [0.4, 0.5) is 0 Å². The molecule has 0 saturated carbocycles. The zero-order chi connectivity index (χ0) is 9.73. The van der Waals surface area contributed by atoms with E-state index in [0.717, 1.165) is 5.56 Å². The number of hydrogen-bond acceptors (Lipinski definition) is 3. The zero-order valence-electron chi connectivity index (χ0n) is 8.16. The average molecular weight is 180 g/mol. The lowest BCUT2D eigenvalue weighted by molar-refractivity contribution is 0.101. The van der Waals surface area contributed by atoms with Gasteiger partial charge in [0.2, 0.25) is 0 Å². The van der Waals surface area contributed by atoms with Crippen LogP contribution in [0.5, 0.6) is 0 Å². The first kappa shape index (κ1) is 10.2. The van der Waals surface area contributed by atoms with Crippen molar-refractivity contribution in [3.63, 3.8) is 0 Å². The molecule has 0 aliphatic heterocycles. The molecule has 72 valence electrons. The highest BCUT2D eigenvalue weighted by molar-refractivity contribution is 5.18. The van der Waals surface area contributed by atoms with E-state index in [2.05, 4.69) is 4.98 Å². The Hall–Kier alpha value is -0.930. The number of pyridine rings is 1. The van der Waals surface area contributed by atoms with Crippen molar-refractivity contribution in [3.05, 3.63) is 30.1 Å². The highest BCUT2D eigenvalue weighted by Gasteiger charge is 2.20. The van der Waals surface area contributed by atoms with Crippen LogP contribution in [-0.4, -0.2) is 18.2 Å². The smallest absolute Gasteiger partial charge is 0.0685 e. The second-order valence-corrected chi connectivity index (χ2v) is 3.30. The molecule has 3 heteroatoms. The molecule has 0 aromatic carbocycles. The van der Waals surface area contributed by atoms with Crippen LogP contribution in [0.15, 0.2) is 24.5 Å². The summed E-state index contributed by atoms with van der Waals surface area (Å²) in [5.41, 5.74) is 6.62.